The van der Waals surface area contributed by atoms with Crippen molar-refractivity contribution < 1.29 is 5.11 Å². The van der Waals surface area contributed by atoms with Crippen LogP contribution in [0, 0.1) is 0 Å². The number of rotatable bonds is 2. The molecule has 1 aliphatic heterocycles. The van der Waals surface area contributed by atoms with Crippen LogP contribution in [0.25, 0.3) is 0 Å². The summed E-state index contributed by atoms with van der Waals surface area (Å²) in [6.07, 6.45) is 2.97. The SMILES string of the molecule is CC1(C)CCN(c2ccnc(CO)c2)CCS1. The van der Waals surface area contributed by atoms with Crippen LogP contribution in [-0.4, -0.2) is 33.7 Å². The molecule has 1 fully saturated rings. The van der Waals surface area contributed by atoms with Gasteiger partial charge in [0.15, 0.2) is 0 Å². The summed E-state index contributed by atoms with van der Waals surface area (Å²) in [6.45, 7) is 6.79. The van der Waals surface area contributed by atoms with Gasteiger partial charge in [-0.3, -0.25) is 4.98 Å². The summed E-state index contributed by atoms with van der Waals surface area (Å²) in [7, 11) is 0. The number of hydrogen-bond acceptors (Lipinski definition) is 4. The van der Waals surface area contributed by atoms with Crippen LogP contribution in [0.1, 0.15) is 26.0 Å². The van der Waals surface area contributed by atoms with Gasteiger partial charge in [-0.05, 0) is 18.6 Å². The molecule has 4 heteroatoms. The van der Waals surface area contributed by atoms with E-state index in [9.17, 15) is 0 Å². The largest absolute Gasteiger partial charge is 0.390 e. The van der Waals surface area contributed by atoms with Crippen molar-refractivity contribution in [3.8, 4) is 0 Å². The number of nitrogens with zero attached hydrogens (tertiary/aromatic N) is 2. The highest BCUT2D eigenvalue weighted by Gasteiger charge is 2.23. The summed E-state index contributed by atoms with van der Waals surface area (Å²) in [5, 5.41) is 9.11. The molecule has 0 radical (unpaired) electrons. The molecule has 1 saturated heterocycles. The highest BCUT2D eigenvalue weighted by atomic mass is 32.2. The molecule has 0 atom stereocenters. The number of thioether (sulfide) groups is 1. The van der Waals surface area contributed by atoms with Gasteiger partial charge >= 0.3 is 0 Å². The first kappa shape index (κ1) is 12.7. The topological polar surface area (TPSA) is 36.4 Å². The van der Waals surface area contributed by atoms with Gasteiger partial charge in [0.25, 0.3) is 0 Å². The van der Waals surface area contributed by atoms with Crippen molar-refractivity contribution in [2.45, 2.75) is 31.6 Å². The van der Waals surface area contributed by atoms with Gasteiger partial charge in [-0.1, -0.05) is 13.8 Å². The molecule has 94 valence electrons. The van der Waals surface area contributed by atoms with Gasteiger partial charge in [-0.25, -0.2) is 0 Å². The van der Waals surface area contributed by atoms with E-state index in [1.807, 2.05) is 23.9 Å². The van der Waals surface area contributed by atoms with Crippen LogP contribution >= 0.6 is 11.8 Å². The zero-order valence-corrected chi connectivity index (χ0v) is 11.3. The Balaban J connectivity index is 2.11. The number of aromatic nitrogens is 1. The summed E-state index contributed by atoms with van der Waals surface area (Å²) in [5.41, 5.74) is 1.93. The van der Waals surface area contributed by atoms with Crippen LogP contribution in [0.15, 0.2) is 18.3 Å². The van der Waals surface area contributed by atoms with E-state index >= 15 is 0 Å². The molecule has 0 unspecified atom stereocenters. The Morgan fingerprint density at radius 3 is 3.06 bits per heavy atom. The molecule has 0 aliphatic carbocycles. The Bertz CT molecular complexity index is 381. The summed E-state index contributed by atoms with van der Waals surface area (Å²) in [6, 6.07) is 4.02. The maximum Gasteiger partial charge on any atom is 0.0853 e. The zero-order chi connectivity index (χ0) is 12.3. The second-order valence-electron chi connectivity index (χ2n) is 5.01. The number of hydrogen-bond donors (Lipinski definition) is 1. The third kappa shape index (κ3) is 3.36. The minimum Gasteiger partial charge on any atom is -0.390 e. The van der Waals surface area contributed by atoms with Crippen molar-refractivity contribution in [3.63, 3.8) is 0 Å². The van der Waals surface area contributed by atoms with Crippen molar-refractivity contribution in [1.82, 2.24) is 4.98 Å². The van der Waals surface area contributed by atoms with Gasteiger partial charge in [-0.15, -0.1) is 0 Å². The van der Waals surface area contributed by atoms with Crippen LogP contribution in [0.3, 0.4) is 0 Å². The fourth-order valence-corrected chi connectivity index (χ4v) is 3.13. The smallest absolute Gasteiger partial charge is 0.0853 e. The standard InChI is InChI=1S/C13H20N2OS/c1-13(2)4-6-15(7-8-17-13)12-3-5-14-11(9-12)10-16/h3,5,9,16H,4,6-8,10H2,1-2H3. The first-order chi connectivity index (χ1) is 8.11. The molecule has 1 aliphatic rings. The van der Waals surface area contributed by atoms with Crippen molar-refractivity contribution in [3.05, 3.63) is 24.0 Å². The van der Waals surface area contributed by atoms with Gasteiger partial charge in [0.1, 0.15) is 0 Å². The average Bonchev–Trinajstić information content (AvgIpc) is 2.50. The molecule has 2 rings (SSSR count). The Morgan fingerprint density at radius 2 is 2.29 bits per heavy atom. The minimum absolute atomic E-state index is 0.0158. The fraction of sp³-hybridized carbons (Fsp3) is 0.615. The van der Waals surface area contributed by atoms with Crippen molar-refractivity contribution in [2.75, 3.05) is 23.7 Å². The van der Waals surface area contributed by atoms with E-state index in [4.69, 9.17) is 5.11 Å². The first-order valence-corrected chi connectivity index (χ1v) is 7.04. The van der Waals surface area contributed by atoms with Crippen LogP contribution < -0.4 is 4.90 Å². The van der Waals surface area contributed by atoms with Gasteiger partial charge in [0.2, 0.25) is 0 Å². The molecule has 0 spiro atoms. The number of aliphatic hydroxyl groups is 1. The molecule has 2 heterocycles. The summed E-state index contributed by atoms with van der Waals surface area (Å²) >= 11 is 2.04. The van der Waals surface area contributed by atoms with Crippen molar-refractivity contribution in [1.29, 1.82) is 0 Å². The van der Waals surface area contributed by atoms with Gasteiger partial charge in [-0.2, -0.15) is 11.8 Å². The second kappa shape index (κ2) is 5.27. The number of pyridine rings is 1. The van der Waals surface area contributed by atoms with Crippen molar-refractivity contribution in [2.24, 2.45) is 0 Å². The van der Waals surface area contributed by atoms with Crippen LogP contribution in [0.2, 0.25) is 0 Å². The summed E-state index contributed by atoms with van der Waals surface area (Å²) < 4.78 is 0.377. The number of aliphatic hydroxyl groups excluding tert-OH is 1. The van der Waals surface area contributed by atoms with E-state index in [0.29, 0.717) is 4.75 Å². The molecule has 0 saturated carbocycles. The van der Waals surface area contributed by atoms with E-state index in [-0.39, 0.29) is 6.61 Å². The lowest BCUT2D eigenvalue weighted by molar-refractivity contribution is 0.277. The number of anilines is 1. The first-order valence-electron chi connectivity index (χ1n) is 6.05. The predicted molar refractivity (Wildman–Crippen MR) is 73.5 cm³/mol. The van der Waals surface area contributed by atoms with Gasteiger partial charge in [0.05, 0.1) is 12.3 Å². The average molecular weight is 252 g/mol. The third-order valence-electron chi connectivity index (χ3n) is 3.17. The molecule has 0 amide bonds. The highest BCUT2D eigenvalue weighted by Crippen LogP contribution is 2.32. The van der Waals surface area contributed by atoms with Crippen LogP contribution in [-0.2, 0) is 6.61 Å². The predicted octanol–water partition coefficient (Wildman–Crippen LogP) is 2.30. The molecule has 1 aromatic heterocycles. The molecular weight excluding hydrogens is 232 g/mol. The third-order valence-corrected chi connectivity index (χ3v) is 4.54. The molecule has 0 bridgehead atoms. The van der Waals surface area contributed by atoms with E-state index in [1.54, 1.807) is 6.20 Å². The Hall–Kier alpha value is -0.740. The quantitative estimate of drug-likeness (QED) is 0.876. The highest BCUT2D eigenvalue weighted by molar-refractivity contribution is 8.00. The molecule has 0 aromatic carbocycles. The molecule has 1 aromatic rings. The molecule has 1 N–H and O–H groups in total. The van der Waals surface area contributed by atoms with Gasteiger partial charge < -0.3 is 10.0 Å². The summed E-state index contributed by atoms with van der Waals surface area (Å²) in [4.78, 5) is 6.51. The summed E-state index contributed by atoms with van der Waals surface area (Å²) in [5.74, 6) is 1.16. The minimum atomic E-state index is 0.0158. The fourth-order valence-electron chi connectivity index (χ4n) is 2.03. The molecule has 17 heavy (non-hydrogen) atoms. The lowest BCUT2D eigenvalue weighted by atomic mass is 10.1. The van der Waals surface area contributed by atoms with Crippen LogP contribution in [0.5, 0.6) is 0 Å². The Morgan fingerprint density at radius 1 is 1.47 bits per heavy atom. The second-order valence-corrected chi connectivity index (χ2v) is 6.81. The Labute approximate surface area is 107 Å². The molecular formula is C13H20N2OS. The van der Waals surface area contributed by atoms with E-state index in [0.717, 1.165) is 24.5 Å². The Kier molecular flexibility index (Phi) is 3.94. The van der Waals surface area contributed by atoms with E-state index < -0.39 is 0 Å². The molecule has 3 nitrogen and oxygen atoms in total. The monoisotopic (exact) mass is 252 g/mol. The van der Waals surface area contributed by atoms with Crippen molar-refractivity contribution >= 4 is 17.4 Å². The maximum absolute atomic E-state index is 9.11. The normalized spacial score (nSPS) is 20.1. The zero-order valence-electron chi connectivity index (χ0n) is 10.5. The van der Waals surface area contributed by atoms with E-state index in [1.165, 1.54) is 12.1 Å². The lowest BCUT2D eigenvalue weighted by Gasteiger charge is -2.24. The van der Waals surface area contributed by atoms with E-state index in [2.05, 4.69) is 23.7 Å². The maximum atomic E-state index is 9.11. The van der Waals surface area contributed by atoms with Gasteiger partial charge in [0, 0.05) is 35.5 Å². The van der Waals surface area contributed by atoms with Crippen LogP contribution in [0.4, 0.5) is 5.69 Å². The lowest BCUT2D eigenvalue weighted by Crippen LogP contribution is -2.27.